The van der Waals surface area contributed by atoms with Crippen molar-refractivity contribution in [3.05, 3.63) is 173 Å². The molecule has 0 aliphatic rings. The van der Waals surface area contributed by atoms with E-state index in [0.717, 1.165) is 33.8 Å². The van der Waals surface area contributed by atoms with Crippen LogP contribution in [0.4, 0.5) is 27.6 Å². The Morgan fingerprint density at radius 1 is 0.655 bits per heavy atom. The van der Waals surface area contributed by atoms with Crippen LogP contribution in [0.5, 0.6) is 5.75 Å². The number of esters is 1. The van der Waals surface area contributed by atoms with E-state index < -0.39 is 62.4 Å². The van der Waals surface area contributed by atoms with Gasteiger partial charge in [-0.25, -0.2) is 35.2 Å². The van der Waals surface area contributed by atoms with E-state index >= 15 is 0 Å². The molecule has 6 aromatic rings. The second-order valence-electron chi connectivity index (χ2n) is 12.3. The lowest BCUT2D eigenvalue weighted by Gasteiger charge is -2.27. The highest BCUT2D eigenvalue weighted by molar-refractivity contribution is 7.89. The third-order valence-corrected chi connectivity index (χ3v) is 10.5. The maximum Gasteiger partial charge on any atom is 0.342 e. The minimum Gasteiger partial charge on any atom is -0.488 e. The minimum absolute atomic E-state index is 0.00340. The van der Waals surface area contributed by atoms with Gasteiger partial charge in [0.05, 0.1) is 13.1 Å². The average Bonchev–Trinajstić information content (AvgIpc) is 3.20. The Balaban J connectivity index is 1.39. The number of hydrogen-bond acceptors (Lipinski definition) is 6. The standard InChI is InChI=1S/C41H31F5N2O6S/c1-47(55(51,52)40-38(45)36(43)35(42)37(44)39(40)46)23-34(49)48(22-29-17-10-16-28-15-8-9-18-31(28)29)30-19-20-32(41(50)54-25-27-13-6-3-7-14-27)33(21-30)53-24-26-11-4-2-5-12-26/h2-21H,22-25H2,1H3. The third-order valence-electron chi connectivity index (χ3n) is 8.65. The Morgan fingerprint density at radius 2 is 1.22 bits per heavy atom. The Bertz CT molecular complexity index is 2450. The van der Waals surface area contributed by atoms with Crippen LogP contribution >= 0.6 is 0 Å². The second kappa shape index (κ2) is 16.5. The van der Waals surface area contributed by atoms with Crippen LogP contribution in [-0.2, 0) is 39.3 Å². The van der Waals surface area contributed by atoms with Crippen LogP contribution in [0.25, 0.3) is 10.8 Å². The largest absolute Gasteiger partial charge is 0.488 e. The van der Waals surface area contributed by atoms with Crippen LogP contribution in [0.15, 0.2) is 126 Å². The zero-order valence-electron chi connectivity index (χ0n) is 29.0. The summed E-state index contributed by atoms with van der Waals surface area (Å²) in [5.41, 5.74) is 2.22. The zero-order chi connectivity index (χ0) is 39.3. The number of benzene rings is 6. The number of amides is 1. The monoisotopic (exact) mass is 774 g/mol. The first-order valence-electron chi connectivity index (χ1n) is 16.6. The van der Waals surface area contributed by atoms with Gasteiger partial charge in [-0.2, -0.15) is 4.31 Å². The lowest BCUT2D eigenvalue weighted by molar-refractivity contribution is -0.118. The van der Waals surface area contributed by atoms with Gasteiger partial charge in [-0.05, 0) is 39.6 Å². The van der Waals surface area contributed by atoms with Gasteiger partial charge in [-0.15, -0.1) is 0 Å². The summed E-state index contributed by atoms with van der Waals surface area (Å²) in [7, 11) is -4.71. The molecule has 14 heteroatoms. The van der Waals surface area contributed by atoms with E-state index in [1.807, 2.05) is 36.4 Å². The number of carbonyl (C=O) groups excluding carboxylic acids is 2. The number of anilines is 1. The molecule has 6 rings (SSSR count). The van der Waals surface area contributed by atoms with Gasteiger partial charge >= 0.3 is 5.97 Å². The number of halogens is 5. The highest BCUT2D eigenvalue weighted by atomic mass is 32.2. The molecule has 8 nitrogen and oxygen atoms in total. The first-order valence-corrected chi connectivity index (χ1v) is 18.1. The Hall–Kier alpha value is -6.12. The van der Waals surface area contributed by atoms with Gasteiger partial charge in [-0.3, -0.25) is 4.79 Å². The number of likely N-dealkylation sites (N-methyl/N-ethyl adjacent to an activating group) is 1. The van der Waals surface area contributed by atoms with Crippen molar-refractivity contribution in [2.45, 2.75) is 24.7 Å². The average molecular weight is 775 g/mol. The van der Waals surface area contributed by atoms with Gasteiger partial charge in [0.1, 0.15) is 24.5 Å². The molecule has 0 bridgehead atoms. The third kappa shape index (κ3) is 8.35. The maximum atomic E-state index is 14.7. The summed E-state index contributed by atoms with van der Waals surface area (Å²) in [4.78, 5) is 26.7. The molecule has 0 atom stereocenters. The van der Waals surface area contributed by atoms with Crippen LogP contribution in [-0.4, -0.2) is 38.2 Å². The van der Waals surface area contributed by atoms with Gasteiger partial charge < -0.3 is 14.4 Å². The summed E-state index contributed by atoms with van der Waals surface area (Å²) in [5, 5.41) is 1.56. The van der Waals surface area contributed by atoms with Gasteiger partial charge in [0.2, 0.25) is 21.7 Å². The van der Waals surface area contributed by atoms with Crippen LogP contribution < -0.4 is 9.64 Å². The van der Waals surface area contributed by atoms with E-state index in [0.29, 0.717) is 5.56 Å². The molecule has 0 saturated heterocycles. The summed E-state index contributed by atoms with van der Waals surface area (Å²) < 4.78 is 110. The highest BCUT2D eigenvalue weighted by Gasteiger charge is 2.37. The predicted octanol–water partition coefficient (Wildman–Crippen LogP) is 8.33. The number of rotatable bonds is 13. The van der Waals surface area contributed by atoms with Gasteiger partial charge in [-0.1, -0.05) is 103 Å². The van der Waals surface area contributed by atoms with Crippen LogP contribution in [0.1, 0.15) is 27.0 Å². The number of nitrogens with zero attached hydrogens (tertiary/aromatic N) is 2. The molecule has 0 N–H and O–H groups in total. The molecule has 0 unspecified atom stereocenters. The molecule has 0 radical (unpaired) electrons. The highest BCUT2D eigenvalue weighted by Crippen LogP contribution is 2.32. The van der Waals surface area contributed by atoms with E-state index in [-0.39, 0.29) is 41.1 Å². The Labute approximate surface area is 313 Å². The SMILES string of the molecule is CN(CC(=O)N(Cc1cccc2ccccc12)c1ccc(C(=O)OCc2ccccc2)c(OCc2ccccc2)c1)S(=O)(=O)c1c(F)c(F)c(F)c(F)c1F. The molecule has 0 spiro atoms. The van der Waals surface area contributed by atoms with Crippen molar-refractivity contribution in [1.82, 2.24) is 4.31 Å². The summed E-state index contributed by atoms with van der Waals surface area (Å²) in [6.07, 6.45) is 0. The molecular weight excluding hydrogens is 744 g/mol. The topological polar surface area (TPSA) is 93.2 Å². The second-order valence-corrected chi connectivity index (χ2v) is 14.3. The Morgan fingerprint density at radius 3 is 1.87 bits per heavy atom. The van der Waals surface area contributed by atoms with Crippen molar-refractivity contribution < 1.29 is 49.4 Å². The van der Waals surface area contributed by atoms with E-state index in [9.17, 15) is 40.0 Å². The molecule has 0 fully saturated rings. The molecule has 0 aliphatic heterocycles. The van der Waals surface area contributed by atoms with E-state index in [1.165, 1.54) is 18.2 Å². The summed E-state index contributed by atoms with van der Waals surface area (Å²) in [6.45, 7) is -1.33. The number of ether oxygens (including phenoxy) is 2. The molecular formula is C41H31F5N2O6S. The number of carbonyl (C=O) groups is 2. The predicted molar refractivity (Wildman–Crippen MR) is 194 cm³/mol. The fraction of sp³-hybridized carbons (Fsp3) is 0.122. The fourth-order valence-corrected chi connectivity index (χ4v) is 6.98. The first kappa shape index (κ1) is 38.6. The zero-order valence-corrected chi connectivity index (χ0v) is 29.8. The maximum absolute atomic E-state index is 14.7. The van der Waals surface area contributed by atoms with Gasteiger partial charge in [0.15, 0.2) is 28.2 Å². The summed E-state index contributed by atoms with van der Waals surface area (Å²) >= 11 is 0. The van der Waals surface area contributed by atoms with Crippen molar-refractivity contribution >= 4 is 38.4 Å². The molecule has 0 aliphatic carbocycles. The minimum atomic E-state index is -5.47. The number of hydrogen-bond donors (Lipinski definition) is 0. The smallest absolute Gasteiger partial charge is 0.342 e. The Kier molecular flexibility index (Phi) is 11.6. The van der Waals surface area contributed by atoms with Crippen molar-refractivity contribution in [1.29, 1.82) is 0 Å². The van der Waals surface area contributed by atoms with E-state index in [1.54, 1.807) is 66.7 Å². The molecule has 1 amide bonds. The molecule has 282 valence electrons. The normalized spacial score (nSPS) is 11.5. The lowest BCUT2D eigenvalue weighted by atomic mass is 10.0. The molecule has 0 heterocycles. The van der Waals surface area contributed by atoms with Crippen molar-refractivity contribution in [2.75, 3.05) is 18.5 Å². The number of sulfonamides is 1. The van der Waals surface area contributed by atoms with Crippen LogP contribution in [0, 0.1) is 29.1 Å². The molecule has 55 heavy (non-hydrogen) atoms. The summed E-state index contributed by atoms with van der Waals surface area (Å²) in [5.74, 6) is -14.3. The first-order chi connectivity index (χ1) is 26.4. The van der Waals surface area contributed by atoms with Crippen molar-refractivity contribution in [3.63, 3.8) is 0 Å². The van der Waals surface area contributed by atoms with E-state index in [2.05, 4.69) is 0 Å². The van der Waals surface area contributed by atoms with Crippen molar-refractivity contribution in [2.24, 2.45) is 0 Å². The number of fused-ring (bicyclic) bond motifs is 1. The van der Waals surface area contributed by atoms with Crippen LogP contribution in [0.3, 0.4) is 0 Å². The fourth-order valence-electron chi connectivity index (χ4n) is 5.76. The molecule has 6 aromatic carbocycles. The van der Waals surface area contributed by atoms with Crippen molar-refractivity contribution in [3.8, 4) is 5.75 Å². The van der Waals surface area contributed by atoms with Gasteiger partial charge in [0, 0.05) is 18.8 Å². The van der Waals surface area contributed by atoms with Crippen LogP contribution in [0.2, 0.25) is 0 Å². The quantitative estimate of drug-likeness (QED) is 0.0508. The van der Waals surface area contributed by atoms with Gasteiger partial charge in [0.25, 0.3) is 0 Å². The van der Waals surface area contributed by atoms with E-state index in [4.69, 9.17) is 9.47 Å². The lowest BCUT2D eigenvalue weighted by Crippen LogP contribution is -2.41. The summed E-state index contributed by atoms with van der Waals surface area (Å²) in [6, 6.07) is 34.8. The molecule has 0 saturated carbocycles. The molecule has 0 aromatic heterocycles.